The van der Waals surface area contributed by atoms with E-state index in [4.69, 9.17) is 9.47 Å². The molecule has 0 amide bonds. The van der Waals surface area contributed by atoms with Gasteiger partial charge in [0.25, 0.3) is 0 Å². The van der Waals surface area contributed by atoms with Gasteiger partial charge >= 0.3 is 0 Å². The Labute approximate surface area is 208 Å². The Balaban J connectivity index is 1.38. The van der Waals surface area contributed by atoms with Crippen molar-refractivity contribution < 1.29 is 50.3 Å². The molecule has 0 saturated carbocycles. The Bertz CT molecular complexity index is 884. The number of rotatable bonds is 7. The van der Waals surface area contributed by atoms with Gasteiger partial charge in [-0.05, 0) is 22.3 Å². The fraction of sp³-hybridized carbons (Fsp3) is 0.538. The van der Waals surface area contributed by atoms with Crippen molar-refractivity contribution in [3.63, 3.8) is 0 Å². The number of aliphatic hydroxyl groups excluding tert-OH is 8. The number of ether oxygens (including phenoxy) is 2. The van der Waals surface area contributed by atoms with E-state index >= 15 is 0 Å². The molecule has 0 spiro atoms. The van der Waals surface area contributed by atoms with E-state index in [9.17, 15) is 40.9 Å². The first kappa shape index (κ1) is 27.1. The van der Waals surface area contributed by atoms with Crippen LogP contribution in [0.5, 0.6) is 0 Å². The third-order valence-electron chi connectivity index (χ3n) is 7.10. The van der Waals surface area contributed by atoms with Gasteiger partial charge in [0.05, 0.1) is 25.4 Å². The predicted octanol–water partition coefficient (Wildman–Crippen LogP) is -1.88. The maximum atomic E-state index is 10.3. The summed E-state index contributed by atoms with van der Waals surface area (Å²) in [6.07, 6.45) is -11.0. The summed E-state index contributed by atoms with van der Waals surface area (Å²) >= 11 is 0. The van der Waals surface area contributed by atoms with Crippen LogP contribution in [0.4, 0.5) is 0 Å². The number of hydrogen-bond donors (Lipinski definition) is 8. The minimum Gasteiger partial charge on any atom is -0.394 e. The zero-order valence-electron chi connectivity index (χ0n) is 19.6. The predicted molar refractivity (Wildman–Crippen MR) is 127 cm³/mol. The molecule has 198 valence electrons. The fourth-order valence-electron chi connectivity index (χ4n) is 4.83. The molecule has 10 atom stereocenters. The Hall–Kier alpha value is -1.96. The largest absolute Gasteiger partial charge is 0.394 e. The van der Waals surface area contributed by atoms with E-state index in [2.05, 4.69) is 0 Å². The van der Waals surface area contributed by atoms with Gasteiger partial charge in [-0.3, -0.25) is 0 Å². The first-order chi connectivity index (χ1) is 17.2. The summed E-state index contributed by atoms with van der Waals surface area (Å²) in [5.41, 5.74) is 3.57. The molecule has 2 aromatic rings. The maximum Gasteiger partial charge on any atom is 0.111 e. The minimum atomic E-state index is -1.40. The van der Waals surface area contributed by atoms with Crippen molar-refractivity contribution in [3.8, 4) is 11.1 Å². The topological polar surface area (TPSA) is 180 Å². The second kappa shape index (κ2) is 11.6. The molecule has 2 aliphatic heterocycles. The highest BCUT2D eigenvalue weighted by Gasteiger charge is 2.44. The average Bonchev–Trinajstić information content (AvgIpc) is 2.90. The Morgan fingerprint density at radius 3 is 1.06 bits per heavy atom. The van der Waals surface area contributed by atoms with Gasteiger partial charge in [-0.15, -0.1) is 0 Å². The molecular formula is C26H34O10. The quantitative estimate of drug-likeness (QED) is 0.212. The monoisotopic (exact) mass is 506 g/mol. The van der Waals surface area contributed by atoms with Crippen LogP contribution < -0.4 is 0 Å². The number of benzene rings is 2. The minimum absolute atomic E-state index is 0.291. The van der Waals surface area contributed by atoms with Gasteiger partial charge in [0.2, 0.25) is 0 Å². The molecule has 2 saturated heterocycles. The first-order valence-electron chi connectivity index (χ1n) is 12.0. The van der Waals surface area contributed by atoms with Crippen LogP contribution in [0, 0.1) is 0 Å². The lowest BCUT2D eigenvalue weighted by Gasteiger charge is -2.40. The molecule has 0 aliphatic carbocycles. The van der Waals surface area contributed by atoms with Gasteiger partial charge in [-0.2, -0.15) is 0 Å². The highest BCUT2D eigenvalue weighted by molar-refractivity contribution is 5.64. The third kappa shape index (κ3) is 5.63. The summed E-state index contributed by atoms with van der Waals surface area (Å²) in [7, 11) is 0. The van der Waals surface area contributed by atoms with Crippen molar-refractivity contribution in [1.29, 1.82) is 0 Å². The van der Waals surface area contributed by atoms with Crippen LogP contribution in [0.2, 0.25) is 0 Å². The molecule has 10 heteroatoms. The second-order valence-electron chi connectivity index (χ2n) is 9.54. The van der Waals surface area contributed by atoms with E-state index < -0.39 is 74.3 Å². The second-order valence-corrected chi connectivity index (χ2v) is 9.54. The van der Waals surface area contributed by atoms with Crippen molar-refractivity contribution >= 4 is 0 Å². The van der Waals surface area contributed by atoms with Crippen molar-refractivity contribution in [2.45, 2.75) is 73.9 Å². The molecule has 2 heterocycles. The van der Waals surface area contributed by atoms with E-state index in [0.717, 1.165) is 22.3 Å². The van der Waals surface area contributed by atoms with Crippen molar-refractivity contribution in [2.75, 3.05) is 13.2 Å². The maximum absolute atomic E-state index is 10.3. The van der Waals surface area contributed by atoms with Crippen LogP contribution in [-0.2, 0) is 22.3 Å². The van der Waals surface area contributed by atoms with E-state index in [1.165, 1.54) is 0 Å². The van der Waals surface area contributed by atoms with Crippen LogP contribution in [0.25, 0.3) is 11.1 Å². The van der Waals surface area contributed by atoms with Gasteiger partial charge < -0.3 is 50.3 Å². The third-order valence-corrected chi connectivity index (χ3v) is 7.10. The van der Waals surface area contributed by atoms with Gasteiger partial charge in [-0.25, -0.2) is 0 Å². The summed E-state index contributed by atoms with van der Waals surface area (Å²) in [6, 6.07) is 15.1. The summed E-state index contributed by atoms with van der Waals surface area (Å²) in [4.78, 5) is 0. The van der Waals surface area contributed by atoms with Crippen LogP contribution in [0.3, 0.4) is 0 Å². The summed E-state index contributed by atoms with van der Waals surface area (Å²) < 4.78 is 11.2. The lowest BCUT2D eigenvalue weighted by atomic mass is 9.90. The standard InChI is InChI=1S/C26H34O10/c27-11-19-23(31)25(33)21(29)17(35-19)9-13-1-5-15(6-2-13)16-7-3-14(4-8-16)10-18-22(30)26(34)24(32)20(12-28)36-18/h1-8,17-34H,9-12H2/t17-,18-,19-,20-,21-,22+,23-,24-,25-,26-/m1/s1. The van der Waals surface area contributed by atoms with Crippen molar-refractivity contribution in [3.05, 3.63) is 59.7 Å². The molecule has 2 aromatic carbocycles. The van der Waals surface area contributed by atoms with E-state index in [0.29, 0.717) is 12.8 Å². The first-order valence-corrected chi connectivity index (χ1v) is 12.0. The molecule has 0 radical (unpaired) electrons. The number of hydrogen-bond acceptors (Lipinski definition) is 10. The SMILES string of the molecule is OC[C@H]1O[C@H](Cc2ccc(-c3ccc(C[C@H]4O[C@H](CO)[C@@H](O)[C@H](O)[C@H]4O)cc3)cc2)[C@@H](O)[C@@H](O)[C@@H]1O. The van der Waals surface area contributed by atoms with Crippen molar-refractivity contribution in [1.82, 2.24) is 0 Å². The molecule has 36 heavy (non-hydrogen) atoms. The van der Waals surface area contributed by atoms with E-state index in [1.54, 1.807) is 0 Å². The Morgan fingerprint density at radius 1 is 0.444 bits per heavy atom. The summed E-state index contributed by atoms with van der Waals surface area (Å²) in [5, 5.41) is 79.0. The molecule has 10 nitrogen and oxygen atoms in total. The lowest BCUT2D eigenvalue weighted by Crippen LogP contribution is -2.59. The van der Waals surface area contributed by atoms with Gasteiger partial charge in [0.1, 0.15) is 48.8 Å². The molecular weight excluding hydrogens is 472 g/mol. The van der Waals surface area contributed by atoms with Crippen LogP contribution >= 0.6 is 0 Å². The normalized spacial score (nSPS) is 37.1. The van der Waals surface area contributed by atoms with Gasteiger partial charge in [-0.1, -0.05) is 48.5 Å². The average molecular weight is 507 g/mol. The Kier molecular flexibility index (Phi) is 8.74. The van der Waals surface area contributed by atoms with E-state index in [-0.39, 0.29) is 0 Å². The fourth-order valence-corrected chi connectivity index (χ4v) is 4.83. The number of aliphatic hydroxyl groups is 8. The molecule has 2 fully saturated rings. The molecule has 4 rings (SSSR count). The zero-order chi connectivity index (χ0) is 26.0. The van der Waals surface area contributed by atoms with Crippen LogP contribution in [0.1, 0.15) is 11.1 Å². The van der Waals surface area contributed by atoms with Gasteiger partial charge in [0.15, 0.2) is 0 Å². The molecule has 0 aromatic heterocycles. The summed E-state index contributed by atoms with van der Waals surface area (Å²) in [5.74, 6) is 0. The lowest BCUT2D eigenvalue weighted by molar-refractivity contribution is -0.228. The highest BCUT2D eigenvalue weighted by Crippen LogP contribution is 2.27. The van der Waals surface area contributed by atoms with Crippen LogP contribution in [-0.4, -0.2) is 115 Å². The molecule has 2 aliphatic rings. The van der Waals surface area contributed by atoms with Crippen molar-refractivity contribution in [2.24, 2.45) is 0 Å². The molecule has 0 unspecified atom stereocenters. The summed E-state index contributed by atoms with van der Waals surface area (Å²) in [6.45, 7) is -0.931. The smallest absolute Gasteiger partial charge is 0.111 e. The van der Waals surface area contributed by atoms with E-state index in [1.807, 2.05) is 48.5 Å². The zero-order valence-corrected chi connectivity index (χ0v) is 19.6. The highest BCUT2D eigenvalue weighted by atomic mass is 16.5. The Morgan fingerprint density at radius 2 is 0.750 bits per heavy atom. The molecule has 0 bridgehead atoms. The van der Waals surface area contributed by atoms with Gasteiger partial charge in [0, 0.05) is 12.8 Å². The van der Waals surface area contributed by atoms with Crippen LogP contribution in [0.15, 0.2) is 48.5 Å². The molecule has 8 N–H and O–H groups in total.